The van der Waals surface area contributed by atoms with Crippen molar-refractivity contribution in [2.75, 3.05) is 33.0 Å². The zero-order valence-corrected chi connectivity index (χ0v) is 10.5. The van der Waals surface area contributed by atoms with Gasteiger partial charge in [-0.3, -0.25) is 0 Å². The van der Waals surface area contributed by atoms with Crippen molar-refractivity contribution < 1.29 is 14.2 Å². The molecule has 0 amide bonds. The first-order valence-electron chi connectivity index (χ1n) is 6.57. The molecular weight excluding hydrogens is 218 g/mol. The lowest BCUT2D eigenvalue weighted by Gasteiger charge is -2.09. The van der Waals surface area contributed by atoms with Crippen LogP contribution in [0.4, 0.5) is 0 Å². The van der Waals surface area contributed by atoms with Gasteiger partial charge in [-0.1, -0.05) is 0 Å². The molecule has 0 aromatic rings. The molecule has 1 unspecified atom stereocenters. The van der Waals surface area contributed by atoms with Crippen LogP contribution in [0, 0.1) is 11.3 Å². The minimum atomic E-state index is 0.206. The molecule has 0 aromatic heterocycles. The van der Waals surface area contributed by atoms with Crippen LogP contribution in [0.1, 0.15) is 38.5 Å². The lowest BCUT2D eigenvalue weighted by Crippen LogP contribution is -2.09. The second-order valence-corrected chi connectivity index (χ2v) is 4.31. The van der Waals surface area contributed by atoms with Gasteiger partial charge in [0, 0.05) is 26.4 Å². The Hall–Kier alpha value is -0.630. The first-order valence-corrected chi connectivity index (χ1v) is 6.57. The SMILES string of the molecule is N#CCOCCCCCOCCC1CCCO1. The van der Waals surface area contributed by atoms with E-state index in [0.717, 1.165) is 45.5 Å². The van der Waals surface area contributed by atoms with E-state index in [1.165, 1.54) is 12.8 Å². The molecule has 1 atom stereocenters. The second-order valence-electron chi connectivity index (χ2n) is 4.31. The normalized spacial score (nSPS) is 19.4. The van der Waals surface area contributed by atoms with Gasteiger partial charge in [0.2, 0.25) is 0 Å². The number of hydrogen-bond acceptors (Lipinski definition) is 4. The van der Waals surface area contributed by atoms with Crippen LogP contribution in [-0.2, 0) is 14.2 Å². The molecule has 1 fully saturated rings. The Morgan fingerprint density at radius 1 is 1.12 bits per heavy atom. The molecule has 17 heavy (non-hydrogen) atoms. The quantitative estimate of drug-likeness (QED) is 0.551. The summed E-state index contributed by atoms with van der Waals surface area (Å²) in [7, 11) is 0. The van der Waals surface area contributed by atoms with Crippen molar-refractivity contribution >= 4 is 0 Å². The Morgan fingerprint density at radius 2 is 1.94 bits per heavy atom. The first-order chi connectivity index (χ1) is 8.43. The Morgan fingerprint density at radius 3 is 2.65 bits per heavy atom. The van der Waals surface area contributed by atoms with Crippen LogP contribution in [-0.4, -0.2) is 39.1 Å². The summed E-state index contributed by atoms with van der Waals surface area (Å²) in [5.41, 5.74) is 0. The average molecular weight is 241 g/mol. The van der Waals surface area contributed by atoms with Crippen LogP contribution in [0.25, 0.3) is 0 Å². The Balaban J connectivity index is 1.71. The molecule has 0 aliphatic carbocycles. The monoisotopic (exact) mass is 241 g/mol. The van der Waals surface area contributed by atoms with Gasteiger partial charge in [-0.15, -0.1) is 0 Å². The van der Waals surface area contributed by atoms with Crippen molar-refractivity contribution in [3.05, 3.63) is 0 Å². The predicted octanol–water partition coefficient (Wildman–Crippen LogP) is 2.28. The summed E-state index contributed by atoms with van der Waals surface area (Å²) in [6, 6.07) is 1.95. The fraction of sp³-hybridized carbons (Fsp3) is 0.923. The molecule has 0 aromatic carbocycles. The Kier molecular flexibility index (Phi) is 8.93. The fourth-order valence-corrected chi connectivity index (χ4v) is 1.89. The molecule has 0 radical (unpaired) electrons. The van der Waals surface area contributed by atoms with Gasteiger partial charge in [-0.25, -0.2) is 0 Å². The lowest BCUT2D eigenvalue weighted by atomic mass is 10.2. The van der Waals surface area contributed by atoms with E-state index in [1.54, 1.807) is 0 Å². The maximum Gasteiger partial charge on any atom is 0.133 e. The molecule has 98 valence electrons. The van der Waals surface area contributed by atoms with Gasteiger partial charge in [0.05, 0.1) is 12.2 Å². The summed E-state index contributed by atoms with van der Waals surface area (Å²) in [6.07, 6.45) is 7.05. The second kappa shape index (κ2) is 10.5. The Bertz CT molecular complexity index is 209. The molecular formula is C13H23NO3. The number of hydrogen-bond donors (Lipinski definition) is 0. The minimum Gasteiger partial charge on any atom is -0.381 e. The Labute approximate surface area is 104 Å². The van der Waals surface area contributed by atoms with Crippen molar-refractivity contribution in [2.45, 2.75) is 44.6 Å². The van der Waals surface area contributed by atoms with E-state index >= 15 is 0 Å². The lowest BCUT2D eigenvalue weighted by molar-refractivity contribution is 0.0576. The molecule has 1 aliphatic heterocycles. The van der Waals surface area contributed by atoms with E-state index in [4.69, 9.17) is 19.5 Å². The predicted molar refractivity (Wildman–Crippen MR) is 64.7 cm³/mol. The van der Waals surface area contributed by atoms with Crippen LogP contribution in [0.5, 0.6) is 0 Å². The molecule has 0 saturated carbocycles. The summed E-state index contributed by atoms with van der Waals surface area (Å²) in [6.45, 7) is 3.45. The summed E-state index contributed by atoms with van der Waals surface area (Å²) in [5.74, 6) is 0. The third kappa shape index (κ3) is 8.14. The molecule has 1 heterocycles. The molecule has 0 bridgehead atoms. The largest absolute Gasteiger partial charge is 0.381 e. The van der Waals surface area contributed by atoms with Crippen molar-refractivity contribution in [3.63, 3.8) is 0 Å². The topological polar surface area (TPSA) is 51.5 Å². The van der Waals surface area contributed by atoms with Crippen molar-refractivity contribution in [1.82, 2.24) is 0 Å². The highest BCUT2D eigenvalue weighted by Crippen LogP contribution is 2.14. The highest BCUT2D eigenvalue weighted by atomic mass is 16.5. The molecule has 1 rings (SSSR count). The maximum atomic E-state index is 8.25. The van der Waals surface area contributed by atoms with Crippen molar-refractivity contribution in [2.24, 2.45) is 0 Å². The summed E-state index contributed by atoms with van der Waals surface area (Å²) in [4.78, 5) is 0. The fourth-order valence-electron chi connectivity index (χ4n) is 1.89. The smallest absolute Gasteiger partial charge is 0.133 e. The maximum absolute atomic E-state index is 8.25. The molecule has 1 aliphatic rings. The minimum absolute atomic E-state index is 0.206. The van der Waals surface area contributed by atoms with E-state index < -0.39 is 0 Å². The number of nitriles is 1. The van der Waals surface area contributed by atoms with Crippen LogP contribution >= 0.6 is 0 Å². The van der Waals surface area contributed by atoms with Gasteiger partial charge in [-0.05, 0) is 38.5 Å². The summed E-state index contributed by atoms with van der Waals surface area (Å²) < 4.78 is 16.1. The van der Waals surface area contributed by atoms with Crippen LogP contribution in [0.15, 0.2) is 0 Å². The van der Waals surface area contributed by atoms with E-state index in [1.807, 2.05) is 6.07 Å². The average Bonchev–Trinajstić information content (AvgIpc) is 2.85. The standard InChI is InChI=1S/C13H23NO3/c14-7-12-16-9-3-1-2-8-15-11-6-13-5-4-10-17-13/h13H,1-6,8-12H2. The summed E-state index contributed by atoms with van der Waals surface area (Å²) >= 11 is 0. The molecule has 4 heteroatoms. The third-order valence-corrected chi connectivity index (χ3v) is 2.85. The zero-order valence-electron chi connectivity index (χ0n) is 10.5. The molecule has 0 spiro atoms. The molecule has 4 nitrogen and oxygen atoms in total. The van der Waals surface area contributed by atoms with Crippen molar-refractivity contribution in [1.29, 1.82) is 5.26 Å². The van der Waals surface area contributed by atoms with E-state index in [9.17, 15) is 0 Å². The first kappa shape index (κ1) is 14.4. The number of unbranched alkanes of at least 4 members (excludes halogenated alkanes) is 2. The highest BCUT2D eigenvalue weighted by Gasteiger charge is 2.14. The van der Waals surface area contributed by atoms with E-state index in [0.29, 0.717) is 12.7 Å². The number of nitrogens with zero attached hydrogens (tertiary/aromatic N) is 1. The van der Waals surface area contributed by atoms with E-state index in [-0.39, 0.29) is 6.61 Å². The van der Waals surface area contributed by atoms with E-state index in [2.05, 4.69) is 0 Å². The van der Waals surface area contributed by atoms with Crippen molar-refractivity contribution in [3.8, 4) is 6.07 Å². The highest BCUT2D eigenvalue weighted by molar-refractivity contribution is 4.66. The van der Waals surface area contributed by atoms with Crippen LogP contribution in [0.3, 0.4) is 0 Å². The van der Waals surface area contributed by atoms with Gasteiger partial charge in [-0.2, -0.15) is 5.26 Å². The van der Waals surface area contributed by atoms with Crippen LogP contribution < -0.4 is 0 Å². The number of rotatable bonds is 10. The molecule has 1 saturated heterocycles. The van der Waals surface area contributed by atoms with Gasteiger partial charge >= 0.3 is 0 Å². The van der Waals surface area contributed by atoms with Gasteiger partial charge in [0.1, 0.15) is 6.61 Å². The third-order valence-electron chi connectivity index (χ3n) is 2.85. The number of ether oxygens (including phenoxy) is 3. The summed E-state index contributed by atoms with van der Waals surface area (Å²) in [5, 5.41) is 8.25. The van der Waals surface area contributed by atoms with Crippen LogP contribution in [0.2, 0.25) is 0 Å². The van der Waals surface area contributed by atoms with Gasteiger partial charge in [0.25, 0.3) is 0 Å². The molecule has 0 N–H and O–H groups in total. The van der Waals surface area contributed by atoms with Gasteiger partial charge in [0.15, 0.2) is 0 Å². The van der Waals surface area contributed by atoms with Gasteiger partial charge < -0.3 is 14.2 Å². The zero-order chi connectivity index (χ0) is 12.2.